The lowest BCUT2D eigenvalue weighted by Gasteiger charge is -2.28. The Kier molecular flexibility index (Phi) is 2.86. The number of nitrogens with two attached hydrogens (primary N) is 1. The van der Waals surface area contributed by atoms with Gasteiger partial charge in [0.05, 0.1) is 13.2 Å². The number of rotatable bonds is 2. The van der Waals surface area contributed by atoms with Crippen molar-refractivity contribution in [1.29, 1.82) is 0 Å². The summed E-state index contributed by atoms with van der Waals surface area (Å²) in [5.41, 5.74) is 4.78. The summed E-state index contributed by atoms with van der Waals surface area (Å²) in [4.78, 5) is 2.31. The van der Waals surface area contributed by atoms with Gasteiger partial charge in [-0.05, 0) is 24.3 Å². The largest absolute Gasteiger partial charge is 0.378 e. The van der Waals surface area contributed by atoms with Crippen LogP contribution in [-0.4, -0.2) is 26.3 Å². The molecule has 0 aromatic heterocycles. The fourth-order valence-corrected chi connectivity index (χ4v) is 1.59. The van der Waals surface area contributed by atoms with Gasteiger partial charge >= 0.3 is 0 Å². The minimum absolute atomic E-state index is 0.816. The number of hydrogen-bond acceptors (Lipinski definition) is 4. The SMILES string of the molecule is NNc1ccc(N2CCOCC2)cc1. The van der Waals surface area contributed by atoms with E-state index in [0.29, 0.717) is 0 Å². The first kappa shape index (κ1) is 9.30. The van der Waals surface area contributed by atoms with Gasteiger partial charge in [0, 0.05) is 24.5 Å². The highest BCUT2D eigenvalue weighted by Crippen LogP contribution is 2.18. The molecule has 1 fully saturated rings. The zero-order valence-corrected chi connectivity index (χ0v) is 8.07. The molecule has 1 aliphatic rings. The second-order valence-corrected chi connectivity index (χ2v) is 3.29. The van der Waals surface area contributed by atoms with Crippen molar-refractivity contribution in [3.63, 3.8) is 0 Å². The number of hydrogen-bond donors (Lipinski definition) is 2. The maximum Gasteiger partial charge on any atom is 0.0642 e. The Labute approximate surface area is 83.6 Å². The molecule has 0 radical (unpaired) electrons. The second kappa shape index (κ2) is 4.30. The third-order valence-corrected chi connectivity index (χ3v) is 2.41. The summed E-state index contributed by atoms with van der Waals surface area (Å²) >= 11 is 0. The van der Waals surface area contributed by atoms with Crippen molar-refractivity contribution in [2.45, 2.75) is 0 Å². The van der Waals surface area contributed by atoms with Crippen LogP contribution in [0.2, 0.25) is 0 Å². The third-order valence-electron chi connectivity index (χ3n) is 2.41. The van der Waals surface area contributed by atoms with Gasteiger partial charge in [-0.15, -0.1) is 0 Å². The highest BCUT2D eigenvalue weighted by atomic mass is 16.5. The predicted molar refractivity (Wildman–Crippen MR) is 57.3 cm³/mol. The summed E-state index contributed by atoms with van der Waals surface area (Å²) in [7, 11) is 0. The smallest absolute Gasteiger partial charge is 0.0642 e. The molecule has 0 aliphatic carbocycles. The third kappa shape index (κ3) is 1.97. The molecule has 1 aromatic rings. The quantitative estimate of drug-likeness (QED) is 0.539. The Morgan fingerprint density at radius 2 is 1.79 bits per heavy atom. The van der Waals surface area contributed by atoms with E-state index in [1.165, 1.54) is 5.69 Å². The topological polar surface area (TPSA) is 50.5 Å². The molecule has 0 bridgehead atoms. The number of nitrogens with zero attached hydrogens (tertiary/aromatic N) is 1. The van der Waals surface area contributed by atoms with Crippen LogP contribution in [0, 0.1) is 0 Å². The number of ether oxygens (including phenoxy) is 1. The summed E-state index contributed by atoms with van der Waals surface area (Å²) in [5.74, 6) is 5.29. The van der Waals surface area contributed by atoms with Crippen LogP contribution < -0.4 is 16.2 Å². The first-order chi connectivity index (χ1) is 6.90. The monoisotopic (exact) mass is 193 g/mol. The number of nitrogen functional groups attached to an aromatic ring is 1. The van der Waals surface area contributed by atoms with E-state index in [9.17, 15) is 0 Å². The number of nitrogens with one attached hydrogen (secondary N) is 1. The molecule has 0 atom stereocenters. The standard InChI is InChI=1S/C10H15N3O/c11-12-9-1-3-10(4-2-9)13-5-7-14-8-6-13/h1-4,12H,5-8,11H2. The van der Waals surface area contributed by atoms with Gasteiger partial charge in [-0.2, -0.15) is 0 Å². The summed E-state index contributed by atoms with van der Waals surface area (Å²) in [5, 5.41) is 0. The van der Waals surface area contributed by atoms with Gasteiger partial charge < -0.3 is 15.1 Å². The molecular weight excluding hydrogens is 178 g/mol. The van der Waals surface area contributed by atoms with E-state index in [4.69, 9.17) is 10.6 Å². The van der Waals surface area contributed by atoms with Crippen LogP contribution in [0.1, 0.15) is 0 Å². The molecule has 3 N–H and O–H groups in total. The van der Waals surface area contributed by atoms with Crippen molar-refractivity contribution in [2.75, 3.05) is 36.6 Å². The fourth-order valence-electron chi connectivity index (χ4n) is 1.59. The Hall–Kier alpha value is -1.26. The van der Waals surface area contributed by atoms with Gasteiger partial charge in [0.1, 0.15) is 0 Å². The van der Waals surface area contributed by atoms with Crippen LogP contribution in [0.4, 0.5) is 11.4 Å². The summed E-state index contributed by atoms with van der Waals surface area (Å²) in [6.45, 7) is 3.57. The van der Waals surface area contributed by atoms with E-state index in [1.54, 1.807) is 0 Å². The van der Waals surface area contributed by atoms with Crippen LogP contribution in [0.15, 0.2) is 24.3 Å². The molecule has 2 rings (SSSR count). The minimum atomic E-state index is 0.816. The molecule has 0 saturated carbocycles. The molecule has 0 amide bonds. The molecule has 14 heavy (non-hydrogen) atoms. The van der Waals surface area contributed by atoms with Crippen molar-refractivity contribution in [1.82, 2.24) is 0 Å². The number of morpholine rings is 1. The van der Waals surface area contributed by atoms with Gasteiger partial charge in [0.25, 0.3) is 0 Å². The molecule has 1 aromatic carbocycles. The highest BCUT2D eigenvalue weighted by Gasteiger charge is 2.10. The van der Waals surface area contributed by atoms with E-state index < -0.39 is 0 Å². The zero-order chi connectivity index (χ0) is 9.80. The van der Waals surface area contributed by atoms with Gasteiger partial charge in [-0.25, -0.2) is 0 Å². The van der Waals surface area contributed by atoms with Crippen molar-refractivity contribution in [3.05, 3.63) is 24.3 Å². The molecular formula is C10H15N3O. The maximum absolute atomic E-state index is 5.29. The average Bonchev–Trinajstić information content (AvgIpc) is 2.30. The number of anilines is 2. The van der Waals surface area contributed by atoms with Gasteiger partial charge in [-0.3, -0.25) is 5.84 Å². The second-order valence-electron chi connectivity index (χ2n) is 3.29. The Morgan fingerprint density at radius 1 is 1.14 bits per heavy atom. The molecule has 1 aliphatic heterocycles. The van der Waals surface area contributed by atoms with Crippen molar-refractivity contribution in [3.8, 4) is 0 Å². The van der Waals surface area contributed by atoms with Crippen LogP contribution in [0.3, 0.4) is 0 Å². The van der Waals surface area contributed by atoms with Gasteiger partial charge in [0.15, 0.2) is 0 Å². The number of benzene rings is 1. The summed E-state index contributed by atoms with van der Waals surface area (Å²) < 4.78 is 5.29. The first-order valence-corrected chi connectivity index (χ1v) is 4.79. The number of hydrazine groups is 1. The lowest BCUT2D eigenvalue weighted by Crippen LogP contribution is -2.36. The van der Waals surface area contributed by atoms with E-state index in [2.05, 4.69) is 22.5 Å². The van der Waals surface area contributed by atoms with E-state index in [1.807, 2.05) is 12.1 Å². The molecule has 4 heteroatoms. The molecule has 1 saturated heterocycles. The van der Waals surface area contributed by atoms with E-state index >= 15 is 0 Å². The Bertz CT molecular complexity index is 280. The van der Waals surface area contributed by atoms with E-state index in [-0.39, 0.29) is 0 Å². The first-order valence-electron chi connectivity index (χ1n) is 4.79. The van der Waals surface area contributed by atoms with Crippen molar-refractivity contribution >= 4 is 11.4 Å². The zero-order valence-electron chi connectivity index (χ0n) is 8.07. The highest BCUT2D eigenvalue weighted by molar-refractivity contribution is 5.54. The van der Waals surface area contributed by atoms with Crippen LogP contribution in [0.5, 0.6) is 0 Å². The summed E-state index contributed by atoms with van der Waals surface area (Å²) in [6, 6.07) is 8.09. The van der Waals surface area contributed by atoms with Crippen molar-refractivity contribution in [2.24, 2.45) is 5.84 Å². The maximum atomic E-state index is 5.29. The Balaban J connectivity index is 2.07. The minimum Gasteiger partial charge on any atom is -0.378 e. The van der Waals surface area contributed by atoms with E-state index in [0.717, 1.165) is 32.0 Å². The van der Waals surface area contributed by atoms with Crippen LogP contribution >= 0.6 is 0 Å². The Morgan fingerprint density at radius 3 is 2.36 bits per heavy atom. The molecule has 4 nitrogen and oxygen atoms in total. The van der Waals surface area contributed by atoms with Crippen LogP contribution in [0.25, 0.3) is 0 Å². The molecule has 0 spiro atoms. The van der Waals surface area contributed by atoms with Gasteiger partial charge in [0.2, 0.25) is 0 Å². The van der Waals surface area contributed by atoms with Crippen molar-refractivity contribution < 1.29 is 4.74 Å². The van der Waals surface area contributed by atoms with Gasteiger partial charge in [-0.1, -0.05) is 0 Å². The lowest BCUT2D eigenvalue weighted by atomic mass is 10.2. The fraction of sp³-hybridized carbons (Fsp3) is 0.400. The lowest BCUT2D eigenvalue weighted by molar-refractivity contribution is 0.122. The molecule has 0 unspecified atom stereocenters. The predicted octanol–water partition coefficient (Wildman–Crippen LogP) is 0.809. The normalized spacial score (nSPS) is 16.8. The summed E-state index contributed by atoms with van der Waals surface area (Å²) in [6.07, 6.45) is 0. The molecule has 76 valence electrons. The molecule has 1 heterocycles. The van der Waals surface area contributed by atoms with Crippen LogP contribution in [-0.2, 0) is 4.74 Å². The average molecular weight is 193 g/mol.